The van der Waals surface area contributed by atoms with Gasteiger partial charge in [-0.2, -0.15) is 0 Å². The zero-order chi connectivity index (χ0) is 13.8. The van der Waals surface area contributed by atoms with E-state index in [1.54, 1.807) is 0 Å². The first kappa shape index (κ1) is 21.0. The van der Waals surface area contributed by atoms with Gasteiger partial charge in [0.2, 0.25) is 0 Å². The van der Waals surface area contributed by atoms with Crippen molar-refractivity contribution < 1.29 is 5.11 Å². The van der Waals surface area contributed by atoms with E-state index in [1.165, 1.54) is 0 Å². The topological polar surface area (TPSA) is 56.7 Å². The molecule has 0 rings (SSSR count). The molecule has 0 spiro atoms. The molecule has 0 aliphatic carbocycles. The van der Waals surface area contributed by atoms with Crippen LogP contribution in [-0.2, 0) is 0 Å². The molecule has 114 valence electrons. The Balaban J connectivity index is 0. The van der Waals surface area contributed by atoms with E-state index in [2.05, 4.69) is 36.1 Å². The fourth-order valence-electron chi connectivity index (χ4n) is 1.86. The summed E-state index contributed by atoms with van der Waals surface area (Å²) in [6, 6.07) is 0. The number of halogens is 1. The van der Waals surface area contributed by atoms with Crippen molar-refractivity contribution in [3.8, 4) is 0 Å². The van der Waals surface area contributed by atoms with E-state index in [1.807, 2.05) is 13.0 Å². The van der Waals surface area contributed by atoms with Gasteiger partial charge >= 0.3 is 0 Å². The third-order valence-corrected chi connectivity index (χ3v) is 2.61. The Morgan fingerprint density at radius 2 is 2.05 bits per heavy atom. The van der Waals surface area contributed by atoms with Crippen molar-refractivity contribution in [2.45, 2.75) is 33.6 Å². The van der Waals surface area contributed by atoms with Gasteiger partial charge in [-0.1, -0.05) is 19.9 Å². The summed E-state index contributed by atoms with van der Waals surface area (Å²) < 4.78 is 0. The Morgan fingerprint density at radius 1 is 1.37 bits per heavy atom. The van der Waals surface area contributed by atoms with Crippen LogP contribution >= 0.6 is 24.0 Å². The molecular formula is C14H30IN3O. The van der Waals surface area contributed by atoms with Gasteiger partial charge in [0, 0.05) is 26.2 Å². The second-order valence-corrected chi connectivity index (χ2v) is 4.90. The molecule has 1 unspecified atom stereocenters. The second kappa shape index (κ2) is 14.1. The molecular weight excluding hydrogens is 353 g/mol. The lowest BCUT2D eigenvalue weighted by molar-refractivity contribution is 0.245. The zero-order valence-electron chi connectivity index (χ0n) is 12.5. The maximum atomic E-state index is 9.07. The maximum absolute atomic E-state index is 9.07. The fourth-order valence-corrected chi connectivity index (χ4v) is 1.86. The van der Waals surface area contributed by atoms with E-state index in [-0.39, 0.29) is 30.6 Å². The number of hydrogen-bond donors (Lipinski definition) is 3. The SMILES string of the molecule is C=CCNC(=NCC(CCO)CC(C)C)NCC.I. The monoisotopic (exact) mass is 383 g/mol. The van der Waals surface area contributed by atoms with Crippen LogP contribution in [0.5, 0.6) is 0 Å². The highest BCUT2D eigenvalue weighted by Gasteiger charge is 2.10. The third-order valence-electron chi connectivity index (χ3n) is 2.61. The number of hydrogen-bond acceptors (Lipinski definition) is 2. The first-order valence-corrected chi connectivity index (χ1v) is 6.87. The lowest BCUT2D eigenvalue weighted by Gasteiger charge is -2.17. The van der Waals surface area contributed by atoms with Crippen LogP contribution < -0.4 is 10.6 Å². The summed E-state index contributed by atoms with van der Waals surface area (Å²) in [5.41, 5.74) is 0. The highest BCUT2D eigenvalue weighted by atomic mass is 127. The summed E-state index contributed by atoms with van der Waals surface area (Å²) in [7, 11) is 0. The van der Waals surface area contributed by atoms with Crippen LogP contribution in [0, 0.1) is 11.8 Å². The predicted octanol–water partition coefficient (Wildman–Crippen LogP) is 2.39. The number of aliphatic hydroxyl groups is 1. The zero-order valence-corrected chi connectivity index (χ0v) is 14.8. The van der Waals surface area contributed by atoms with Crippen LogP contribution in [0.25, 0.3) is 0 Å². The molecule has 0 radical (unpaired) electrons. The van der Waals surface area contributed by atoms with Crippen LogP contribution in [0.1, 0.15) is 33.6 Å². The molecule has 5 heteroatoms. The smallest absolute Gasteiger partial charge is 0.191 e. The molecule has 0 aromatic heterocycles. The summed E-state index contributed by atoms with van der Waals surface area (Å²) >= 11 is 0. The molecule has 0 bridgehead atoms. The molecule has 0 heterocycles. The van der Waals surface area contributed by atoms with Gasteiger partial charge in [0.15, 0.2) is 5.96 Å². The number of guanidine groups is 1. The highest BCUT2D eigenvalue weighted by molar-refractivity contribution is 14.0. The van der Waals surface area contributed by atoms with Gasteiger partial charge in [-0.05, 0) is 31.6 Å². The van der Waals surface area contributed by atoms with Crippen molar-refractivity contribution in [1.29, 1.82) is 0 Å². The van der Waals surface area contributed by atoms with Gasteiger partial charge in [-0.15, -0.1) is 30.6 Å². The lowest BCUT2D eigenvalue weighted by atomic mass is 9.94. The van der Waals surface area contributed by atoms with E-state index in [9.17, 15) is 0 Å². The summed E-state index contributed by atoms with van der Waals surface area (Å²) in [6.45, 7) is 12.7. The molecule has 0 saturated heterocycles. The Bertz CT molecular complexity index is 245. The molecule has 0 aromatic rings. The minimum absolute atomic E-state index is 0. The standard InChI is InChI=1S/C14H29N3O.HI/c1-5-8-16-14(15-6-2)17-11-13(7-9-18)10-12(3)4;/h5,12-13,18H,1,6-11H2,2-4H3,(H2,15,16,17);1H. The number of nitrogens with zero attached hydrogens (tertiary/aromatic N) is 1. The van der Waals surface area contributed by atoms with E-state index in [0.717, 1.165) is 31.9 Å². The van der Waals surface area contributed by atoms with Crippen LogP contribution in [0.2, 0.25) is 0 Å². The highest BCUT2D eigenvalue weighted by Crippen LogP contribution is 2.15. The molecule has 0 saturated carbocycles. The van der Waals surface area contributed by atoms with Crippen LogP contribution in [0.15, 0.2) is 17.6 Å². The average molecular weight is 383 g/mol. The van der Waals surface area contributed by atoms with Crippen LogP contribution in [0.3, 0.4) is 0 Å². The van der Waals surface area contributed by atoms with Crippen molar-refractivity contribution in [2.24, 2.45) is 16.8 Å². The van der Waals surface area contributed by atoms with E-state index < -0.39 is 0 Å². The van der Waals surface area contributed by atoms with E-state index in [4.69, 9.17) is 5.11 Å². The number of aliphatic imine (C=N–C) groups is 1. The maximum Gasteiger partial charge on any atom is 0.191 e. The van der Waals surface area contributed by atoms with Crippen LogP contribution in [-0.4, -0.2) is 37.3 Å². The lowest BCUT2D eigenvalue weighted by Crippen LogP contribution is -2.37. The van der Waals surface area contributed by atoms with Gasteiger partial charge in [0.05, 0.1) is 0 Å². The first-order chi connectivity index (χ1) is 8.63. The summed E-state index contributed by atoms with van der Waals surface area (Å²) in [4.78, 5) is 4.56. The molecule has 3 N–H and O–H groups in total. The Labute approximate surface area is 135 Å². The van der Waals surface area contributed by atoms with E-state index >= 15 is 0 Å². The number of aliphatic hydroxyl groups excluding tert-OH is 1. The normalized spacial score (nSPS) is 12.8. The Kier molecular flexibility index (Phi) is 15.6. The van der Waals surface area contributed by atoms with Crippen molar-refractivity contribution in [3.63, 3.8) is 0 Å². The molecule has 0 fully saturated rings. The van der Waals surface area contributed by atoms with Gasteiger partial charge in [-0.25, -0.2) is 0 Å². The molecule has 0 aliphatic heterocycles. The van der Waals surface area contributed by atoms with Gasteiger partial charge in [0.25, 0.3) is 0 Å². The Morgan fingerprint density at radius 3 is 2.53 bits per heavy atom. The van der Waals surface area contributed by atoms with Crippen molar-refractivity contribution in [2.75, 3.05) is 26.2 Å². The first-order valence-electron chi connectivity index (χ1n) is 6.87. The molecule has 0 aliphatic rings. The summed E-state index contributed by atoms with van der Waals surface area (Å²) in [5.74, 6) is 1.92. The molecule has 1 atom stereocenters. The van der Waals surface area contributed by atoms with Crippen molar-refractivity contribution in [3.05, 3.63) is 12.7 Å². The molecule has 4 nitrogen and oxygen atoms in total. The summed E-state index contributed by atoms with van der Waals surface area (Å²) in [6.07, 6.45) is 3.74. The quantitative estimate of drug-likeness (QED) is 0.248. The minimum Gasteiger partial charge on any atom is -0.396 e. The molecule has 0 amide bonds. The second-order valence-electron chi connectivity index (χ2n) is 4.90. The van der Waals surface area contributed by atoms with Crippen molar-refractivity contribution in [1.82, 2.24) is 10.6 Å². The van der Waals surface area contributed by atoms with Gasteiger partial charge < -0.3 is 15.7 Å². The van der Waals surface area contributed by atoms with Gasteiger partial charge in [0.1, 0.15) is 0 Å². The van der Waals surface area contributed by atoms with Crippen LogP contribution in [0.4, 0.5) is 0 Å². The predicted molar refractivity (Wildman–Crippen MR) is 94.2 cm³/mol. The minimum atomic E-state index is 0. The number of rotatable bonds is 9. The molecule has 19 heavy (non-hydrogen) atoms. The average Bonchev–Trinajstić information content (AvgIpc) is 2.32. The van der Waals surface area contributed by atoms with Gasteiger partial charge in [-0.3, -0.25) is 4.99 Å². The fraction of sp³-hybridized carbons (Fsp3) is 0.786. The van der Waals surface area contributed by atoms with Crippen molar-refractivity contribution >= 4 is 29.9 Å². The molecule has 0 aromatic carbocycles. The third kappa shape index (κ3) is 12.5. The largest absolute Gasteiger partial charge is 0.396 e. The Hall–Kier alpha value is -0.300. The van der Waals surface area contributed by atoms with E-state index in [0.29, 0.717) is 18.4 Å². The summed E-state index contributed by atoms with van der Waals surface area (Å²) in [5, 5.41) is 15.4. The number of nitrogens with one attached hydrogen (secondary N) is 2.